The molecule has 0 saturated heterocycles. The number of nitrogens with one attached hydrogen (secondary N) is 2. The molecule has 164 valence electrons. The van der Waals surface area contributed by atoms with Crippen molar-refractivity contribution in [3.05, 3.63) is 80.6 Å². The van der Waals surface area contributed by atoms with E-state index in [1.807, 2.05) is 18.2 Å². The summed E-state index contributed by atoms with van der Waals surface area (Å²) >= 11 is 5.87. The number of aromatic nitrogens is 1. The first-order valence-corrected chi connectivity index (χ1v) is 10.3. The van der Waals surface area contributed by atoms with Gasteiger partial charge in [-0.25, -0.2) is 0 Å². The molecular formula is C23H25ClN2O5. The number of rotatable bonds is 10. The standard InChI is InChI=1S/C23H25ClN2O5/c1-30-8-9-31-18(14-27)10-16-4-7-21-19(11-16)22(28)20(13-25-21)23(29)26-12-15-2-5-17(24)6-3-15/h2-7,11,13,18,27H,8-10,12,14H2,1H3,(H,25,28)(H,26,29). The molecule has 0 saturated carbocycles. The number of hydrogen-bond acceptors (Lipinski definition) is 5. The Kier molecular flexibility index (Phi) is 8.20. The first-order valence-electron chi connectivity index (χ1n) is 9.90. The lowest BCUT2D eigenvalue weighted by Gasteiger charge is -2.15. The average Bonchev–Trinajstić information content (AvgIpc) is 2.78. The van der Waals surface area contributed by atoms with E-state index in [2.05, 4.69) is 10.3 Å². The predicted octanol–water partition coefficient (Wildman–Crippen LogP) is 2.68. The van der Waals surface area contributed by atoms with Gasteiger partial charge in [0.1, 0.15) is 5.56 Å². The number of benzene rings is 2. The second-order valence-corrected chi connectivity index (χ2v) is 7.53. The quantitative estimate of drug-likeness (QED) is 0.417. The Morgan fingerprint density at radius 3 is 2.61 bits per heavy atom. The van der Waals surface area contributed by atoms with Gasteiger partial charge in [0, 0.05) is 42.2 Å². The van der Waals surface area contributed by atoms with Crippen molar-refractivity contribution >= 4 is 28.4 Å². The Hall–Kier alpha value is -2.71. The van der Waals surface area contributed by atoms with Gasteiger partial charge in [0.25, 0.3) is 5.91 Å². The largest absolute Gasteiger partial charge is 0.394 e. The van der Waals surface area contributed by atoms with Crippen LogP contribution in [-0.4, -0.2) is 49.0 Å². The van der Waals surface area contributed by atoms with Crippen LogP contribution in [0.15, 0.2) is 53.5 Å². The minimum absolute atomic E-state index is 0.0358. The fourth-order valence-corrected chi connectivity index (χ4v) is 3.30. The van der Waals surface area contributed by atoms with Crippen LogP contribution in [0.3, 0.4) is 0 Å². The van der Waals surface area contributed by atoms with Crippen LogP contribution in [0.5, 0.6) is 0 Å². The molecule has 1 amide bonds. The van der Waals surface area contributed by atoms with Gasteiger partial charge in [0.05, 0.1) is 25.9 Å². The van der Waals surface area contributed by atoms with E-state index in [1.165, 1.54) is 6.20 Å². The van der Waals surface area contributed by atoms with Gasteiger partial charge in [-0.05, 0) is 35.4 Å². The summed E-state index contributed by atoms with van der Waals surface area (Å²) in [6.07, 6.45) is 1.45. The molecule has 1 heterocycles. The van der Waals surface area contributed by atoms with E-state index in [0.717, 1.165) is 11.1 Å². The zero-order chi connectivity index (χ0) is 22.2. The van der Waals surface area contributed by atoms with Crippen LogP contribution in [0.4, 0.5) is 0 Å². The molecule has 31 heavy (non-hydrogen) atoms. The van der Waals surface area contributed by atoms with Crippen molar-refractivity contribution in [1.82, 2.24) is 10.3 Å². The van der Waals surface area contributed by atoms with Gasteiger partial charge >= 0.3 is 0 Å². The Morgan fingerprint density at radius 2 is 1.90 bits per heavy atom. The maximum absolute atomic E-state index is 12.9. The summed E-state index contributed by atoms with van der Waals surface area (Å²) < 4.78 is 10.5. The van der Waals surface area contributed by atoms with Crippen molar-refractivity contribution < 1.29 is 19.4 Å². The Labute approximate surface area is 185 Å². The molecule has 3 aromatic rings. The lowest BCUT2D eigenvalue weighted by molar-refractivity contribution is -0.0102. The first kappa shape index (κ1) is 23.0. The third kappa shape index (κ3) is 6.15. The number of methoxy groups -OCH3 is 1. The highest BCUT2D eigenvalue weighted by Crippen LogP contribution is 2.14. The maximum Gasteiger partial charge on any atom is 0.257 e. The minimum atomic E-state index is -0.459. The summed E-state index contributed by atoms with van der Waals surface area (Å²) in [7, 11) is 1.58. The van der Waals surface area contributed by atoms with Crippen LogP contribution in [0.25, 0.3) is 10.9 Å². The summed E-state index contributed by atoms with van der Waals surface area (Å²) in [6.45, 7) is 0.936. The van der Waals surface area contributed by atoms with Crippen LogP contribution in [0, 0.1) is 0 Å². The smallest absolute Gasteiger partial charge is 0.257 e. The van der Waals surface area contributed by atoms with Crippen molar-refractivity contribution in [2.75, 3.05) is 26.9 Å². The van der Waals surface area contributed by atoms with E-state index in [-0.39, 0.29) is 24.1 Å². The molecule has 1 atom stereocenters. The normalized spacial score (nSPS) is 12.1. The number of aliphatic hydroxyl groups excluding tert-OH is 1. The number of hydrogen-bond donors (Lipinski definition) is 3. The number of halogens is 1. The highest BCUT2D eigenvalue weighted by Gasteiger charge is 2.15. The average molecular weight is 445 g/mol. The van der Waals surface area contributed by atoms with Gasteiger partial charge in [-0.15, -0.1) is 0 Å². The van der Waals surface area contributed by atoms with Gasteiger partial charge in [-0.2, -0.15) is 0 Å². The number of aliphatic hydroxyl groups is 1. The fourth-order valence-electron chi connectivity index (χ4n) is 3.18. The van der Waals surface area contributed by atoms with Gasteiger partial charge < -0.3 is 24.9 Å². The van der Waals surface area contributed by atoms with Gasteiger partial charge in [-0.1, -0.05) is 29.8 Å². The van der Waals surface area contributed by atoms with Crippen molar-refractivity contribution in [1.29, 1.82) is 0 Å². The second kappa shape index (κ2) is 11.1. The third-order valence-electron chi connectivity index (χ3n) is 4.86. The molecule has 3 N–H and O–H groups in total. The van der Waals surface area contributed by atoms with Crippen LogP contribution in [0.1, 0.15) is 21.5 Å². The van der Waals surface area contributed by atoms with Crippen LogP contribution < -0.4 is 10.7 Å². The van der Waals surface area contributed by atoms with Crippen molar-refractivity contribution in [2.24, 2.45) is 0 Å². The molecule has 0 bridgehead atoms. The minimum Gasteiger partial charge on any atom is -0.394 e. The molecular weight excluding hydrogens is 420 g/mol. The summed E-state index contributed by atoms with van der Waals surface area (Å²) in [6, 6.07) is 12.5. The topological polar surface area (TPSA) is 101 Å². The van der Waals surface area contributed by atoms with Crippen LogP contribution in [0.2, 0.25) is 5.02 Å². The van der Waals surface area contributed by atoms with Crippen molar-refractivity contribution in [2.45, 2.75) is 19.1 Å². The number of ether oxygens (including phenoxy) is 2. The molecule has 0 aliphatic heterocycles. The van der Waals surface area contributed by atoms with Crippen LogP contribution >= 0.6 is 11.6 Å². The van der Waals surface area contributed by atoms with Crippen molar-refractivity contribution in [3.8, 4) is 0 Å². The van der Waals surface area contributed by atoms with Crippen molar-refractivity contribution in [3.63, 3.8) is 0 Å². The third-order valence-corrected chi connectivity index (χ3v) is 5.12. The fraction of sp³-hybridized carbons (Fsp3) is 0.304. The lowest BCUT2D eigenvalue weighted by atomic mass is 10.0. The SMILES string of the molecule is COCCOC(CO)Cc1ccc2[nH]cc(C(=O)NCc3ccc(Cl)cc3)c(=O)c2c1. The van der Waals surface area contributed by atoms with E-state index >= 15 is 0 Å². The molecule has 8 heteroatoms. The van der Waals surface area contributed by atoms with Gasteiger partial charge in [0.15, 0.2) is 0 Å². The highest BCUT2D eigenvalue weighted by atomic mass is 35.5. The summed E-state index contributed by atoms with van der Waals surface area (Å²) in [5.74, 6) is -0.459. The molecule has 2 aromatic carbocycles. The number of carbonyl (C=O) groups is 1. The maximum atomic E-state index is 12.9. The Morgan fingerprint density at radius 1 is 1.16 bits per heavy atom. The van der Waals surface area contributed by atoms with E-state index in [4.69, 9.17) is 21.1 Å². The summed E-state index contributed by atoms with van der Waals surface area (Å²) in [5.41, 5.74) is 2.01. The molecule has 7 nitrogen and oxygen atoms in total. The Bertz CT molecular complexity index is 1080. The van der Waals surface area contributed by atoms with E-state index in [0.29, 0.717) is 35.6 Å². The number of carbonyl (C=O) groups excluding carboxylic acids is 1. The predicted molar refractivity (Wildman–Crippen MR) is 120 cm³/mol. The number of fused-ring (bicyclic) bond motifs is 1. The summed E-state index contributed by atoms with van der Waals surface area (Å²) in [4.78, 5) is 28.5. The number of pyridine rings is 1. The van der Waals surface area contributed by atoms with Gasteiger partial charge in [-0.3, -0.25) is 9.59 Å². The Balaban J connectivity index is 1.75. The molecule has 1 unspecified atom stereocenters. The molecule has 0 radical (unpaired) electrons. The van der Waals surface area contributed by atoms with Gasteiger partial charge in [0.2, 0.25) is 5.43 Å². The number of amides is 1. The number of aromatic amines is 1. The number of H-pyrrole nitrogens is 1. The second-order valence-electron chi connectivity index (χ2n) is 7.09. The first-order chi connectivity index (χ1) is 15.0. The molecule has 0 fully saturated rings. The summed E-state index contributed by atoms with van der Waals surface area (Å²) in [5, 5.41) is 13.3. The highest BCUT2D eigenvalue weighted by molar-refractivity contribution is 6.30. The zero-order valence-corrected chi connectivity index (χ0v) is 17.9. The molecule has 1 aromatic heterocycles. The molecule has 0 aliphatic rings. The lowest BCUT2D eigenvalue weighted by Crippen LogP contribution is -2.28. The van der Waals surface area contributed by atoms with E-state index in [9.17, 15) is 14.7 Å². The monoisotopic (exact) mass is 444 g/mol. The molecule has 0 spiro atoms. The van der Waals surface area contributed by atoms with E-state index in [1.54, 1.807) is 31.4 Å². The molecule has 3 rings (SSSR count). The van der Waals surface area contributed by atoms with E-state index < -0.39 is 12.0 Å². The molecule has 0 aliphatic carbocycles. The van der Waals surface area contributed by atoms with Crippen LogP contribution in [-0.2, 0) is 22.4 Å². The zero-order valence-electron chi connectivity index (χ0n) is 17.2.